The van der Waals surface area contributed by atoms with Crippen LogP contribution in [-0.4, -0.2) is 60.3 Å². The third kappa shape index (κ3) is 5.50. The van der Waals surface area contributed by atoms with Gasteiger partial charge in [0, 0.05) is 37.3 Å². The van der Waals surface area contributed by atoms with Crippen molar-refractivity contribution in [2.24, 2.45) is 5.92 Å². The zero-order chi connectivity index (χ0) is 28.3. The molecule has 41 heavy (non-hydrogen) atoms. The van der Waals surface area contributed by atoms with Gasteiger partial charge < -0.3 is 19.6 Å². The molecular formula is C35H37N2O4+. The maximum absolute atomic E-state index is 13.7. The number of hydrogen-bond acceptors (Lipinski definition) is 4. The van der Waals surface area contributed by atoms with Crippen molar-refractivity contribution in [3.63, 3.8) is 0 Å². The predicted molar refractivity (Wildman–Crippen MR) is 159 cm³/mol. The SMILES string of the molecule is O=C(NCCC[N+]12CCC(CC1)[C@@H](OC(=O)C(O)(c1ccccc1)c1ccccc1)C2)c1ccc2ccccc2c1. The Morgan fingerprint density at radius 1 is 0.829 bits per heavy atom. The summed E-state index contributed by atoms with van der Waals surface area (Å²) < 4.78 is 7.07. The summed E-state index contributed by atoms with van der Waals surface area (Å²) >= 11 is 0. The van der Waals surface area contributed by atoms with E-state index in [2.05, 4.69) is 5.32 Å². The van der Waals surface area contributed by atoms with E-state index < -0.39 is 11.6 Å². The number of nitrogens with zero attached hydrogens (tertiary/aromatic N) is 1. The van der Waals surface area contributed by atoms with Crippen LogP contribution in [0.25, 0.3) is 10.8 Å². The molecule has 3 aliphatic heterocycles. The highest BCUT2D eigenvalue weighted by molar-refractivity contribution is 5.98. The minimum Gasteiger partial charge on any atom is -0.453 e. The van der Waals surface area contributed by atoms with E-state index in [1.165, 1.54) is 0 Å². The van der Waals surface area contributed by atoms with Crippen molar-refractivity contribution in [1.29, 1.82) is 0 Å². The van der Waals surface area contributed by atoms with E-state index in [0.717, 1.165) is 60.7 Å². The van der Waals surface area contributed by atoms with Crippen molar-refractivity contribution in [2.45, 2.75) is 31.0 Å². The number of esters is 1. The van der Waals surface area contributed by atoms with Crippen LogP contribution in [0.5, 0.6) is 0 Å². The summed E-state index contributed by atoms with van der Waals surface area (Å²) in [4.78, 5) is 26.5. The van der Waals surface area contributed by atoms with Gasteiger partial charge in [0.05, 0.1) is 19.6 Å². The first-order valence-corrected chi connectivity index (χ1v) is 14.6. The van der Waals surface area contributed by atoms with Crippen LogP contribution < -0.4 is 5.32 Å². The van der Waals surface area contributed by atoms with E-state index in [1.54, 1.807) is 24.3 Å². The van der Waals surface area contributed by atoms with Crippen molar-refractivity contribution in [2.75, 3.05) is 32.7 Å². The highest BCUT2D eigenvalue weighted by atomic mass is 16.6. The average Bonchev–Trinajstić information content (AvgIpc) is 3.03. The first-order chi connectivity index (χ1) is 20.0. The molecule has 3 heterocycles. The van der Waals surface area contributed by atoms with E-state index in [-0.39, 0.29) is 12.0 Å². The van der Waals surface area contributed by atoms with Gasteiger partial charge in [0.2, 0.25) is 5.60 Å². The number of rotatable bonds is 9. The lowest BCUT2D eigenvalue weighted by molar-refractivity contribution is -0.946. The van der Waals surface area contributed by atoms with Gasteiger partial charge in [-0.15, -0.1) is 0 Å². The molecule has 0 saturated carbocycles. The van der Waals surface area contributed by atoms with Gasteiger partial charge in [-0.25, -0.2) is 4.79 Å². The van der Waals surface area contributed by atoms with Crippen molar-refractivity contribution in [3.05, 3.63) is 120 Å². The van der Waals surface area contributed by atoms with Crippen LogP contribution >= 0.6 is 0 Å². The van der Waals surface area contributed by atoms with Gasteiger partial charge >= 0.3 is 5.97 Å². The molecule has 3 fully saturated rings. The molecule has 2 bridgehead atoms. The molecule has 0 unspecified atom stereocenters. The van der Waals surface area contributed by atoms with Gasteiger partial charge in [-0.3, -0.25) is 4.79 Å². The van der Waals surface area contributed by atoms with Crippen LogP contribution in [0.15, 0.2) is 103 Å². The fourth-order valence-electron chi connectivity index (χ4n) is 6.70. The number of amides is 1. The summed E-state index contributed by atoms with van der Waals surface area (Å²) in [6.45, 7) is 4.37. The number of carbonyl (C=O) groups is 2. The average molecular weight is 550 g/mol. The molecule has 1 amide bonds. The molecule has 6 nitrogen and oxygen atoms in total. The van der Waals surface area contributed by atoms with Gasteiger partial charge in [0.1, 0.15) is 6.54 Å². The molecule has 4 aromatic rings. The zero-order valence-electron chi connectivity index (χ0n) is 23.2. The highest BCUT2D eigenvalue weighted by Gasteiger charge is 2.50. The van der Waals surface area contributed by atoms with Crippen LogP contribution in [-0.2, 0) is 15.1 Å². The van der Waals surface area contributed by atoms with Gasteiger partial charge in [0.15, 0.2) is 6.10 Å². The first-order valence-electron chi connectivity index (χ1n) is 14.6. The van der Waals surface area contributed by atoms with Crippen molar-refractivity contribution < 1.29 is 23.9 Å². The van der Waals surface area contributed by atoms with Crippen molar-refractivity contribution >= 4 is 22.6 Å². The predicted octanol–water partition coefficient (Wildman–Crippen LogP) is 5.05. The van der Waals surface area contributed by atoms with E-state index >= 15 is 0 Å². The molecule has 3 saturated heterocycles. The number of piperidine rings is 3. The first kappa shape index (κ1) is 27.2. The van der Waals surface area contributed by atoms with E-state index in [1.807, 2.05) is 78.9 Å². The Morgan fingerprint density at radius 3 is 2.10 bits per heavy atom. The fraction of sp³-hybridized carbons (Fsp3) is 0.314. The molecule has 0 radical (unpaired) electrons. The molecule has 1 atom stereocenters. The molecule has 2 N–H and O–H groups in total. The summed E-state index contributed by atoms with van der Waals surface area (Å²) in [6, 6.07) is 31.9. The Labute approximate surface area is 241 Å². The van der Waals surface area contributed by atoms with E-state index in [4.69, 9.17) is 4.74 Å². The molecule has 0 spiro atoms. The second kappa shape index (κ2) is 11.5. The van der Waals surface area contributed by atoms with Crippen molar-refractivity contribution in [3.8, 4) is 0 Å². The zero-order valence-corrected chi connectivity index (χ0v) is 23.2. The Bertz CT molecular complexity index is 1470. The number of ether oxygens (including phenoxy) is 1. The Balaban J connectivity index is 1.09. The summed E-state index contributed by atoms with van der Waals surface area (Å²) in [5.41, 5.74) is -0.190. The maximum Gasteiger partial charge on any atom is 0.348 e. The lowest BCUT2D eigenvalue weighted by Crippen LogP contribution is -2.65. The lowest BCUT2D eigenvalue weighted by atomic mass is 9.82. The molecule has 210 valence electrons. The number of fused-ring (bicyclic) bond motifs is 4. The molecule has 4 aromatic carbocycles. The topological polar surface area (TPSA) is 75.6 Å². The molecule has 6 heteroatoms. The summed E-state index contributed by atoms with van der Waals surface area (Å²) in [7, 11) is 0. The summed E-state index contributed by atoms with van der Waals surface area (Å²) in [6.07, 6.45) is 2.60. The third-order valence-corrected chi connectivity index (χ3v) is 9.08. The van der Waals surface area contributed by atoms with Crippen LogP contribution in [0.4, 0.5) is 0 Å². The van der Waals surface area contributed by atoms with E-state index in [0.29, 0.717) is 29.2 Å². The minimum absolute atomic E-state index is 0.0546. The molecule has 0 aliphatic carbocycles. The number of quaternary nitrogens is 1. The summed E-state index contributed by atoms with van der Waals surface area (Å²) in [5.74, 6) is -0.363. The van der Waals surface area contributed by atoms with Crippen LogP contribution in [0.3, 0.4) is 0 Å². The number of carbonyl (C=O) groups excluding carboxylic acids is 2. The molecule has 7 rings (SSSR count). The lowest BCUT2D eigenvalue weighted by Gasteiger charge is -2.52. The Hall–Kier alpha value is -4.00. The van der Waals surface area contributed by atoms with Gasteiger partial charge in [-0.05, 0) is 34.0 Å². The number of benzene rings is 4. The third-order valence-electron chi connectivity index (χ3n) is 9.08. The van der Waals surface area contributed by atoms with E-state index in [9.17, 15) is 14.7 Å². The van der Waals surface area contributed by atoms with Gasteiger partial charge in [0.25, 0.3) is 5.91 Å². The fourth-order valence-corrected chi connectivity index (χ4v) is 6.70. The normalized spacial score (nSPS) is 21.9. The van der Waals surface area contributed by atoms with Crippen LogP contribution in [0.2, 0.25) is 0 Å². The van der Waals surface area contributed by atoms with Gasteiger partial charge in [-0.1, -0.05) is 91.0 Å². The number of aliphatic hydroxyl groups is 1. The number of nitrogens with one attached hydrogen (secondary N) is 1. The minimum atomic E-state index is -1.87. The summed E-state index contributed by atoms with van der Waals surface area (Å²) in [5, 5.41) is 17.1. The Morgan fingerprint density at radius 2 is 1.44 bits per heavy atom. The van der Waals surface area contributed by atoms with Crippen molar-refractivity contribution in [1.82, 2.24) is 5.32 Å². The van der Waals surface area contributed by atoms with Gasteiger partial charge in [-0.2, -0.15) is 0 Å². The van der Waals surface area contributed by atoms with Crippen LogP contribution in [0, 0.1) is 5.92 Å². The molecule has 3 aliphatic rings. The monoisotopic (exact) mass is 549 g/mol. The largest absolute Gasteiger partial charge is 0.453 e. The molecule has 0 aromatic heterocycles. The quantitative estimate of drug-likeness (QED) is 0.174. The maximum atomic E-state index is 13.7. The second-order valence-electron chi connectivity index (χ2n) is 11.6. The smallest absolute Gasteiger partial charge is 0.348 e. The standard InChI is InChI=1S/C35H36N2O4/c38-33(29-17-16-26-10-7-8-11-28(26)24-29)36-20-9-21-37-22-18-27(19-23-37)32(25-37)41-34(39)35(40,30-12-3-1-4-13-30)31-14-5-2-6-15-31/h1-8,10-17,24,27,32,40H,9,18-23,25H2/p+1/t27?,32-,37?/m0/s1. The van der Waals surface area contributed by atoms with Crippen LogP contribution in [0.1, 0.15) is 40.7 Å². The number of hydrogen-bond donors (Lipinski definition) is 2. The highest BCUT2D eigenvalue weighted by Crippen LogP contribution is 2.38. The second-order valence-corrected chi connectivity index (χ2v) is 11.6. The Kier molecular flexibility index (Phi) is 7.61. The molecular weight excluding hydrogens is 512 g/mol.